The lowest BCUT2D eigenvalue weighted by Crippen LogP contribution is -2.28. The Labute approximate surface area is 80.2 Å². The minimum absolute atomic E-state index is 0.745. The van der Waals surface area contributed by atoms with Crippen LogP contribution in [0, 0.1) is 6.92 Å². The van der Waals surface area contributed by atoms with E-state index in [4.69, 9.17) is 0 Å². The van der Waals surface area contributed by atoms with Crippen LogP contribution >= 0.6 is 0 Å². The average Bonchev–Trinajstić information content (AvgIpc) is 2.20. The third-order valence-corrected chi connectivity index (χ3v) is 2.85. The zero-order chi connectivity index (χ0) is 9.10. The molecule has 2 rings (SSSR count). The molecule has 13 heavy (non-hydrogen) atoms. The SMILES string of the molecule is Cc1ccc([C@@H]2CCCNC2)cc1. The van der Waals surface area contributed by atoms with Crippen molar-refractivity contribution in [1.82, 2.24) is 5.32 Å². The monoisotopic (exact) mass is 175 g/mol. The smallest absolute Gasteiger partial charge is 0.00201 e. The van der Waals surface area contributed by atoms with Crippen LogP contribution in [0.25, 0.3) is 0 Å². The van der Waals surface area contributed by atoms with Gasteiger partial charge in [0.05, 0.1) is 0 Å². The average molecular weight is 175 g/mol. The zero-order valence-electron chi connectivity index (χ0n) is 8.22. The molecule has 1 heterocycles. The van der Waals surface area contributed by atoms with E-state index in [2.05, 4.69) is 36.5 Å². The highest BCUT2D eigenvalue weighted by Gasteiger charge is 2.13. The van der Waals surface area contributed by atoms with E-state index >= 15 is 0 Å². The van der Waals surface area contributed by atoms with Crippen molar-refractivity contribution in [3.8, 4) is 0 Å². The Balaban J connectivity index is 2.10. The van der Waals surface area contributed by atoms with E-state index in [9.17, 15) is 0 Å². The van der Waals surface area contributed by atoms with E-state index in [0.29, 0.717) is 0 Å². The minimum Gasteiger partial charge on any atom is -0.316 e. The van der Waals surface area contributed by atoms with Crippen molar-refractivity contribution >= 4 is 0 Å². The standard InChI is InChI=1S/C12H17N/c1-10-4-6-11(7-5-10)12-3-2-8-13-9-12/h4-7,12-13H,2-3,8-9H2,1H3/t12-/m1/s1. The summed E-state index contributed by atoms with van der Waals surface area (Å²) < 4.78 is 0. The molecule has 1 aliphatic rings. The number of hydrogen-bond acceptors (Lipinski definition) is 1. The third-order valence-electron chi connectivity index (χ3n) is 2.85. The van der Waals surface area contributed by atoms with Gasteiger partial charge in [0, 0.05) is 6.54 Å². The first-order chi connectivity index (χ1) is 6.36. The van der Waals surface area contributed by atoms with Crippen molar-refractivity contribution in [1.29, 1.82) is 0 Å². The molecule has 0 aliphatic carbocycles. The van der Waals surface area contributed by atoms with Crippen molar-refractivity contribution in [2.24, 2.45) is 0 Å². The maximum atomic E-state index is 3.45. The predicted octanol–water partition coefficient (Wildman–Crippen LogP) is 2.46. The molecule has 0 spiro atoms. The van der Waals surface area contributed by atoms with Gasteiger partial charge in [0.25, 0.3) is 0 Å². The number of hydrogen-bond donors (Lipinski definition) is 1. The van der Waals surface area contributed by atoms with Crippen LogP contribution in [-0.2, 0) is 0 Å². The summed E-state index contributed by atoms with van der Waals surface area (Å²) in [5.41, 5.74) is 2.85. The van der Waals surface area contributed by atoms with E-state index < -0.39 is 0 Å². The van der Waals surface area contributed by atoms with Crippen molar-refractivity contribution in [3.05, 3.63) is 35.4 Å². The summed E-state index contributed by atoms with van der Waals surface area (Å²) in [5, 5.41) is 3.45. The van der Waals surface area contributed by atoms with Crippen LogP contribution in [-0.4, -0.2) is 13.1 Å². The Bertz CT molecular complexity index is 257. The van der Waals surface area contributed by atoms with E-state index in [1.165, 1.54) is 30.5 Å². The highest BCUT2D eigenvalue weighted by molar-refractivity contribution is 5.25. The van der Waals surface area contributed by atoms with Gasteiger partial charge in [-0.05, 0) is 37.8 Å². The summed E-state index contributed by atoms with van der Waals surface area (Å²) in [6, 6.07) is 8.97. The fourth-order valence-corrected chi connectivity index (χ4v) is 1.97. The molecule has 1 atom stereocenters. The van der Waals surface area contributed by atoms with Crippen LogP contribution in [0.1, 0.15) is 29.9 Å². The number of aryl methyl sites for hydroxylation is 1. The Morgan fingerprint density at radius 3 is 2.62 bits per heavy atom. The maximum Gasteiger partial charge on any atom is 0.00201 e. The van der Waals surface area contributed by atoms with Crippen LogP contribution in [0.5, 0.6) is 0 Å². The molecule has 0 saturated carbocycles. The molecule has 1 aromatic rings. The first-order valence-corrected chi connectivity index (χ1v) is 5.13. The lowest BCUT2D eigenvalue weighted by molar-refractivity contribution is 0.461. The van der Waals surface area contributed by atoms with Gasteiger partial charge < -0.3 is 5.32 Å². The van der Waals surface area contributed by atoms with Gasteiger partial charge in [-0.2, -0.15) is 0 Å². The molecule has 1 heteroatoms. The van der Waals surface area contributed by atoms with E-state index in [1.54, 1.807) is 0 Å². The van der Waals surface area contributed by atoms with Crippen LogP contribution in [0.3, 0.4) is 0 Å². The quantitative estimate of drug-likeness (QED) is 0.691. The molecular weight excluding hydrogens is 158 g/mol. The largest absolute Gasteiger partial charge is 0.316 e. The normalized spacial score (nSPS) is 23.0. The van der Waals surface area contributed by atoms with Crippen molar-refractivity contribution < 1.29 is 0 Å². The molecular formula is C12H17N. The number of rotatable bonds is 1. The number of nitrogens with one attached hydrogen (secondary N) is 1. The van der Waals surface area contributed by atoms with Gasteiger partial charge in [-0.3, -0.25) is 0 Å². The lowest BCUT2D eigenvalue weighted by Gasteiger charge is -2.23. The Morgan fingerprint density at radius 1 is 1.23 bits per heavy atom. The van der Waals surface area contributed by atoms with Crippen LogP contribution < -0.4 is 5.32 Å². The topological polar surface area (TPSA) is 12.0 Å². The Hall–Kier alpha value is -0.820. The molecule has 1 N–H and O–H groups in total. The van der Waals surface area contributed by atoms with Gasteiger partial charge in [-0.25, -0.2) is 0 Å². The highest BCUT2D eigenvalue weighted by Crippen LogP contribution is 2.22. The van der Waals surface area contributed by atoms with Gasteiger partial charge in [-0.1, -0.05) is 29.8 Å². The molecule has 1 fully saturated rings. The molecule has 0 unspecified atom stereocenters. The molecule has 70 valence electrons. The molecule has 1 aromatic carbocycles. The summed E-state index contributed by atoms with van der Waals surface area (Å²) in [6.07, 6.45) is 2.66. The molecule has 0 radical (unpaired) electrons. The van der Waals surface area contributed by atoms with Crippen molar-refractivity contribution in [2.45, 2.75) is 25.7 Å². The molecule has 1 saturated heterocycles. The summed E-state index contributed by atoms with van der Waals surface area (Å²) in [5.74, 6) is 0.745. The molecule has 1 aliphatic heterocycles. The van der Waals surface area contributed by atoms with Crippen molar-refractivity contribution in [2.75, 3.05) is 13.1 Å². The zero-order valence-corrected chi connectivity index (χ0v) is 8.22. The third kappa shape index (κ3) is 2.10. The van der Waals surface area contributed by atoms with E-state index in [-0.39, 0.29) is 0 Å². The molecule has 0 amide bonds. The van der Waals surface area contributed by atoms with Gasteiger partial charge in [0.15, 0.2) is 0 Å². The Kier molecular flexibility index (Phi) is 2.65. The molecule has 0 bridgehead atoms. The molecule has 0 aromatic heterocycles. The summed E-state index contributed by atoms with van der Waals surface area (Å²) in [7, 11) is 0. The number of piperidine rings is 1. The maximum absolute atomic E-state index is 3.45. The fourth-order valence-electron chi connectivity index (χ4n) is 1.97. The van der Waals surface area contributed by atoms with Crippen LogP contribution in [0.2, 0.25) is 0 Å². The number of benzene rings is 1. The second-order valence-corrected chi connectivity index (χ2v) is 3.95. The van der Waals surface area contributed by atoms with Gasteiger partial charge >= 0.3 is 0 Å². The summed E-state index contributed by atoms with van der Waals surface area (Å²) >= 11 is 0. The van der Waals surface area contributed by atoms with E-state index in [1.807, 2.05) is 0 Å². The van der Waals surface area contributed by atoms with E-state index in [0.717, 1.165) is 12.5 Å². The van der Waals surface area contributed by atoms with Crippen molar-refractivity contribution in [3.63, 3.8) is 0 Å². The van der Waals surface area contributed by atoms with Gasteiger partial charge in [0.1, 0.15) is 0 Å². The highest BCUT2D eigenvalue weighted by atomic mass is 14.9. The lowest BCUT2D eigenvalue weighted by atomic mass is 9.91. The second kappa shape index (κ2) is 3.93. The summed E-state index contributed by atoms with van der Waals surface area (Å²) in [4.78, 5) is 0. The molecule has 1 nitrogen and oxygen atoms in total. The van der Waals surface area contributed by atoms with Gasteiger partial charge in [0.2, 0.25) is 0 Å². The predicted molar refractivity (Wildman–Crippen MR) is 56.0 cm³/mol. The first kappa shape index (κ1) is 8.76. The summed E-state index contributed by atoms with van der Waals surface area (Å²) in [6.45, 7) is 4.49. The first-order valence-electron chi connectivity index (χ1n) is 5.13. The fraction of sp³-hybridized carbons (Fsp3) is 0.500. The van der Waals surface area contributed by atoms with Crippen LogP contribution in [0.4, 0.5) is 0 Å². The Morgan fingerprint density at radius 2 is 2.00 bits per heavy atom. The minimum atomic E-state index is 0.745. The second-order valence-electron chi connectivity index (χ2n) is 3.95. The van der Waals surface area contributed by atoms with Gasteiger partial charge in [-0.15, -0.1) is 0 Å². The van der Waals surface area contributed by atoms with Crippen LogP contribution in [0.15, 0.2) is 24.3 Å².